The van der Waals surface area contributed by atoms with E-state index in [-0.39, 0.29) is 12.8 Å². The normalized spacial score (nSPS) is 22.6. The molecule has 68 heavy (non-hydrogen) atoms. The first-order chi connectivity index (χ1) is 32.5. The van der Waals surface area contributed by atoms with Gasteiger partial charge in [-0.05, 0) is 83.5 Å². The summed E-state index contributed by atoms with van der Waals surface area (Å²) in [6.45, 7) is 2.82. The fourth-order valence-corrected chi connectivity index (χ4v) is 7.98. The van der Waals surface area contributed by atoms with E-state index in [1.54, 1.807) is 0 Å². The monoisotopic (exact) mass is 1000 g/mol. The molecule has 9 atom stereocenters. The van der Waals surface area contributed by atoms with Crippen LogP contribution in [0.15, 0.2) is 97.2 Å². The smallest absolute Gasteiger partial charge is 0.462 e. The van der Waals surface area contributed by atoms with Crippen molar-refractivity contribution < 1.29 is 82.0 Å². The molecule has 17 nitrogen and oxygen atoms in total. The molecular weight excluding hydrogens is 922 g/mol. The molecule has 0 amide bonds. The third-order valence-electron chi connectivity index (χ3n) is 10.2. The summed E-state index contributed by atoms with van der Waals surface area (Å²) < 4.78 is 49.2. The Balaban J connectivity index is 2.69. The van der Waals surface area contributed by atoms with Gasteiger partial charge in [0.15, 0.2) is 6.10 Å². The fraction of sp³-hybridized carbons (Fsp3) is 0.633. The summed E-state index contributed by atoms with van der Waals surface area (Å²) in [6, 6.07) is 0. The number of unbranched alkanes of at least 4 members (excludes halogenated alkanes) is 6. The highest BCUT2D eigenvalue weighted by molar-refractivity contribution is 7.47. The van der Waals surface area contributed by atoms with Crippen LogP contribution in [0.5, 0.6) is 0 Å². The molecule has 0 spiro atoms. The third kappa shape index (κ3) is 32.6. The number of esters is 2. The molecule has 388 valence electrons. The molecule has 0 aliphatic heterocycles. The third-order valence-corrected chi connectivity index (χ3v) is 11.7. The van der Waals surface area contributed by atoms with E-state index in [1.165, 1.54) is 19.3 Å². The first-order valence-corrected chi connectivity index (χ1v) is 26.9. The van der Waals surface area contributed by atoms with Gasteiger partial charge in [-0.2, -0.15) is 0 Å². The van der Waals surface area contributed by atoms with Gasteiger partial charge in [0.1, 0.15) is 43.2 Å². The number of carbonyl (C=O) groups excluding carboxylic acids is 2. The van der Waals surface area contributed by atoms with E-state index in [9.17, 15) is 58.9 Å². The van der Waals surface area contributed by atoms with Gasteiger partial charge in [-0.25, -0.2) is 9.13 Å². The number of hydrogen-bond acceptors (Lipinski definition) is 14. The van der Waals surface area contributed by atoms with E-state index in [0.717, 1.165) is 57.8 Å². The van der Waals surface area contributed by atoms with Crippen LogP contribution in [0.25, 0.3) is 0 Å². The lowest BCUT2D eigenvalue weighted by Crippen LogP contribution is -2.64. The number of carbonyl (C=O) groups is 2. The molecule has 1 aliphatic carbocycles. The van der Waals surface area contributed by atoms with Gasteiger partial charge in [-0.15, -0.1) is 0 Å². The van der Waals surface area contributed by atoms with E-state index < -0.39 is 89.6 Å². The highest BCUT2D eigenvalue weighted by Gasteiger charge is 2.54. The Labute approximate surface area is 403 Å². The number of aliphatic hydroxyl groups excluding tert-OH is 5. The van der Waals surface area contributed by atoms with Crippen LogP contribution in [0.3, 0.4) is 0 Å². The van der Waals surface area contributed by atoms with Crippen LogP contribution in [-0.4, -0.2) is 114 Å². The van der Waals surface area contributed by atoms with Crippen molar-refractivity contribution in [2.45, 2.75) is 185 Å². The molecule has 0 heterocycles. The highest BCUT2D eigenvalue weighted by atomic mass is 31.2. The van der Waals surface area contributed by atoms with Gasteiger partial charge in [0.25, 0.3) is 0 Å². The highest BCUT2D eigenvalue weighted by Crippen LogP contribution is 2.49. The summed E-state index contributed by atoms with van der Waals surface area (Å²) in [4.78, 5) is 54.2. The molecule has 0 saturated heterocycles. The molecule has 5 unspecified atom stereocenters. The van der Waals surface area contributed by atoms with Crippen molar-refractivity contribution >= 4 is 27.6 Å². The zero-order valence-electron chi connectivity index (χ0n) is 39.9. The largest absolute Gasteiger partial charge is 0.472 e. The summed E-state index contributed by atoms with van der Waals surface area (Å²) in [6.07, 6.45) is 31.4. The molecule has 0 radical (unpaired) electrons. The van der Waals surface area contributed by atoms with Crippen molar-refractivity contribution in [3.05, 3.63) is 97.2 Å². The summed E-state index contributed by atoms with van der Waals surface area (Å²) in [5, 5.41) is 51.1. The van der Waals surface area contributed by atoms with Crippen molar-refractivity contribution in [3.8, 4) is 0 Å². The Hall–Kier alpha value is -3.12. The minimum atomic E-state index is -5.39. The van der Waals surface area contributed by atoms with Crippen LogP contribution in [0, 0.1) is 0 Å². The standard InChI is InChI=1S/C49H80O17P2/c1-3-5-7-8-9-10-11-12-13-14-15-16-20-23-26-29-32-36-42(51)62-38-41(39-63-68(60,61)66-49-46(55)44(53)45(54)48(47(49)56)65-67(57,58)59)64-43(52)37-33-30-27-24-21-18-17-19-22-25-28-31-35-40(50)34-6-4-2/h9-10,12-13,15-18,22-27,31,35,40-41,44-50,53-56H,3-8,11,14,19-21,28-30,32-34,36-39H2,1-2H3,(H,60,61)(H2,57,58,59)/b10-9-,13-12-,16-15-,18-17-,25-22-,26-23-,27-24-,35-31-/t40-,41-,44?,45?,46?,47?,48-,49+/m1/s1. The number of hydrogen-bond donors (Lipinski definition) is 8. The van der Waals surface area contributed by atoms with Crippen LogP contribution in [0.1, 0.15) is 136 Å². The van der Waals surface area contributed by atoms with E-state index in [2.05, 4.69) is 54.8 Å². The van der Waals surface area contributed by atoms with E-state index in [4.69, 9.17) is 18.5 Å². The summed E-state index contributed by atoms with van der Waals surface area (Å²) in [7, 11) is -10.7. The second-order valence-electron chi connectivity index (χ2n) is 16.3. The molecule has 1 rings (SSSR count). The van der Waals surface area contributed by atoms with Gasteiger partial charge in [-0.1, -0.05) is 137 Å². The van der Waals surface area contributed by atoms with Crippen molar-refractivity contribution in [3.63, 3.8) is 0 Å². The molecule has 1 aliphatic rings. The van der Waals surface area contributed by atoms with Gasteiger partial charge in [0, 0.05) is 12.8 Å². The van der Waals surface area contributed by atoms with Gasteiger partial charge in [-0.3, -0.25) is 23.2 Å². The second kappa shape index (κ2) is 38.6. The molecule has 0 aromatic rings. The lowest BCUT2D eigenvalue weighted by atomic mass is 9.85. The SMILES string of the molecule is CCCCC/C=C\C/C=C\C/C=C\C/C=C\CCCC(=O)OC[C@H](COP(=O)(O)O[C@H]1C(O)C(O)C(O)[C@@H](OP(=O)(O)O)C1O)OC(=O)CCC/C=C\C/C=C\C/C=C\C/C=C\[C@H](O)CCCC. The zero-order chi connectivity index (χ0) is 50.5. The van der Waals surface area contributed by atoms with Crippen LogP contribution >= 0.6 is 15.6 Å². The fourth-order valence-electron chi connectivity index (χ4n) is 6.44. The van der Waals surface area contributed by atoms with E-state index >= 15 is 0 Å². The maximum Gasteiger partial charge on any atom is 0.472 e. The lowest BCUT2D eigenvalue weighted by molar-refractivity contribution is -0.216. The maximum atomic E-state index is 13.0. The molecule has 0 aromatic carbocycles. The van der Waals surface area contributed by atoms with Crippen molar-refractivity contribution in [1.29, 1.82) is 0 Å². The zero-order valence-corrected chi connectivity index (χ0v) is 41.6. The lowest BCUT2D eigenvalue weighted by Gasteiger charge is -2.43. The number of phosphoric ester groups is 2. The predicted molar refractivity (Wildman–Crippen MR) is 261 cm³/mol. The molecule has 19 heteroatoms. The molecule has 8 N–H and O–H groups in total. The Bertz CT molecular complexity index is 1700. The predicted octanol–water partition coefficient (Wildman–Crippen LogP) is 8.14. The van der Waals surface area contributed by atoms with E-state index in [1.807, 2.05) is 60.8 Å². The molecule has 0 bridgehead atoms. The number of aliphatic hydroxyl groups is 5. The van der Waals surface area contributed by atoms with Gasteiger partial charge in [0.2, 0.25) is 0 Å². The summed E-state index contributed by atoms with van der Waals surface area (Å²) >= 11 is 0. The van der Waals surface area contributed by atoms with Crippen molar-refractivity contribution in [1.82, 2.24) is 0 Å². The quantitative estimate of drug-likeness (QED) is 0.0125. The average molecular weight is 1000 g/mol. The maximum absolute atomic E-state index is 13.0. The second-order valence-corrected chi connectivity index (χ2v) is 18.9. The van der Waals surface area contributed by atoms with Crippen LogP contribution in [0.4, 0.5) is 0 Å². The molecule has 1 fully saturated rings. The number of phosphoric acid groups is 2. The summed E-state index contributed by atoms with van der Waals surface area (Å²) in [5.41, 5.74) is 0. The topological polar surface area (TPSA) is 276 Å². The van der Waals surface area contributed by atoms with Gasteiger partial charge < -0.3 is 49.7 Å². The van der Waals surface area contributed by atoms with Gasteiger partial charge >= 0.3 is 27.6 Å². The van der Waals surface area contributed by atoms with Crippen molar-refractivity contribution in [2.24, 2.45) is 0 Å². The Morgan fingerprint density at radius 3 is 1.46 bits per heavy atom. The Morgan fingerprint density at radius 1 is 0.529 bits per heavy atom. The Kier molecular flexibility index (Phi) is 35.7. The van der Waals surface area contributed by atoms with E-state index in [0.29, 0.717) is 32.1 Å². The van der Waals surface area contributed by atoms with Crippen LogP contribution in [-0.2, 0) is 41.8 Å². The number of rotatable bonds is 38. The van der Waals surface area contributed by atoms with Crippen LogP contribution in [0.2, 0.25) is 0 Å². The first kappa shape index (κ1) is 62.9. The summed E-state index contributed by atoms with van der Waals surface area (Å²) in [5.74, 6) is -1.37. The number of ether oxygens (including phenoxy) is 2. The average Bonchev–Trinajstić information content (AvgIpc) is 3.29. The minimum absolute atomic E-state index is 0.0193. The minimum Gasteiger partial charge on any atom is -0.462 e. The van der Waals surface area contributed by atoms with Crippen LogP contribution < -0.4 is 0 Å². The number of allylic oxidation sites excluding steroid dienone is 15. The molecule has 1 saturated carbocycles. The van der Waals surface area contributed by atoms with Gasteiger partial charge in [0.05, 0.1) is 12.7 Å². The van der Waals surface area contributed by atoms with Crippen molar-refractivity contribution in [2.75, 3.05) is 13.2 Å². The Morgan fingerprint density at radius 2 is 0.971 bits per heavy atom. The molecule has 0 aromatic heterocycles. The first-order valence-electron chi connectivity index (χ1n) is 23.9. The molecular formula is C49H80O17P2.